The number of nitrogens with one attached hydrogen (secondary N) is 1. The van der Waals surface area contributed by atoms with Crippen LogP contribution in [0.4, 0.5) is 11.4 Å². The fourth-order valence-electron chi connectivity index (χ4n) is 3.73. The molecule has 1 aromatic heterocycles. The van der Waals surface area contributed by atoms with E-state index in [1.807, 2.05) is 37.4 Å². The molecule has 0 aliphatic carbocycles. The highest BCUT2D eigenvalue weighted by Crippen LogP contribution is 2.35. The second-order valence-corrected chi connectivity index (χ2v) is 7.49. The fraction of sp³-hybridized carbons (Fsp3) is 0.250. The number of fused-ring (bicyclic) bond motifs is 1. The third-order valence-electron chi connectivity index (χ3n) is 5.60. The Morgan fingerprint density at radius 3 is 2.80 bits per heavy atom. The number of phenols is 1. The van der Waals surface area contributed by atoms with Gasteiger partial charge in [0.25, 0.3) is 0 Å². The normalized spacial score (nSPS) is 12.6. The predicted molar refractivity (Wildman–Crippen MR) is 118 cm³/mol. The lowest BCUT2D eigenvalue weighted by Crippen LogP contribution is -2.34. The highest BCUT2D eigenvalue weighted by molar-refractivity contribution is 5.98. The third-order valence-corrected chi connectivity index (χ3v) is 5.60. The first-order valence-electron chi connectivity index (χ1n) is 9.94. The molecular weight excluding hydrogens is 378 g/mol. The molecule has 6 nitrogen and oxygen atoms in total. The maximum Gasteiger partial charge on any atom is 0.246 e. The van der Waals surface area contributed by atoms with E-state index in [9.17, 15) is 9.90 Å². The van der Waals surface area contributed by atoms with Crippen molar-refractivity contribution >= 4 is 17.3 Å². The van der Waals surface area contributed by atoms with Crippen LogP contribution in [0.25, 0.3) is 11.3 Å². The van der Waals surface area contributed by atoms with Crippen molar-refractivity contribution in [1.82, 2.24) is 4.98 Å². The highest BCUT2D eigenvalue weighted by atomic mass is 16.5. The number of hydrogen-bond acceptors (Lipinski definition) is 5. The predicted octanol–water partition coefficient (Wildman–Crippen LogP) is 4.08. The minimum absolute atomic E-state index is 0.0592. The van der Waals surface area contributed by atoms with Gasteiger partial charge in [-0.2, -0.15) is 0 Å². The molecule has 0 atom stereocenters. The highest BCUT2D eigenvalue weighted by Gasteiger charge is 2.26. The van der Waals surface area contributed by atoms with Crippen molar-refractivity contribution in [3.63, 3.8) is 0 Å². The van der Waals surface area contributed by atoms with Gasteiger partial charge in [0, 0.05) is 23.9 Å². The van der Waals surface area contributed by atoms with E-state index in [-0.39, 0.29) is 18.2 Å². The molecule has 0 bridgehead atoms. The summed E-state index contributed by atoms with van der Waals surface area (Å²) in [5, 5.41) is 13.2. The molecule has 2 heterocycles. The molecule has 0 fully saturated rings. The Hall–Kier alpha value is -3.54. The molecule has 1 aliphatic rings. The van der Waals surface area contributed by atoms with Crippen molar-refractivity contribution in [2.45, 2.75) is 20.3 Å². The molecule has 0 radical (unpaired) electrons. The summed E-state index contributed by atoms with van der Waals surface area (Å²) < 4.78 is 5.47. The van der Waals surface area contributed by atoms with Crippen LogP contribution in [-0.4, -0.2) is 36.2 Å². The molecule has 2 N–H and O–H groups in total. The summed E-state index contributed by atoms with van der Waals surface area (Å²) in [4.78, 5) is 19.1. The number of ether oxygens (including phenoxy) is 1. The summed E-state index contributed by atoms with van der Waals surface area (Å²) >= 11 is 0. The largest absolute Gasteiger partial charge is 0.508 e. The van der Waals surface area contributed by atoms with Gasteiger partial charge in [0.15, 0.2) is 0 Å². The van der Waals surface area contributed by atoms with E-state index in [1.54, 1.807) is 24.1 Å². The van der Waals surface area contributed by atoms with Crippen LogP contribution < -0.4 is 15.0 Å². The molecule has 0 unspecified atom stereocenters. The summed E-state index contributed by atoms with van der Waals surface area (Å²) in [5.41, 5.74) is 6.49. The van der Waals surface area contributed by atoms with Crippen LogP contribution in [-0.2, 0) is 11.2 Å². The quantitative estimate of drug-likeness (QED) is 0.671. The molecular formula is C24H25N3O3. The van der Waals surface area contributed by atoms with Gasteiger partial charge in [0.1, 0.15) is 11.5 Å². The zero-order valence-electron chi connectivity index (χ0n) is 17.4. The van der Waals surface area contributed by atoms with E-state index in [2.05, 4.69) is 23.3 Å². The first-order chi connectivity index (χ1) is 14.5. The number of aryl methyl sites for hydroxylation is 2. The third kappa shape index (κ3) is 3.68. The Morgan fingerprint density at radius 1 is 1.20 bits per heavy atom. The second-order valence-electron chi connectivity index (χ2n) is 7.49. The minimum Gasteiger partial charge on any atom is -0.508 e. The lowest BCUT2D eigenvalue weighted by Gasteiger charge is -2.19. The number of aromatic nitrogens is 1. The Bertz CT molecular complexity index is 1110. The van der Waals surface area contributed by atoms with Gasteiger partial charge >= 0.3 is 0 Å². The van der Waals surface area contributed by atoms with Crippen LogP contribution in [0, 0.1) is 13.8 Å². The van der Waals surface area contributed by atoms with Gasteiger partial charge in [0.2, 0.25) is 5.91 Å². The Kier molecular flexibility index (Phi) is 5.31. The van der Waals surface area contributed by atoms with E-state index in [4.69, 9.17) is 4.74 Å². The Morgan fingerprint density at radius 2 is 2.03 bits per heavy atom. The lowest BCUT2D eigenvalue weighted by atomic mass is 10.1. The zero-order valence-corrected chi connectivity index (χ0v) is 17.4. The van der Waals surface area contributed by atoms with Gasteiger partial charge in [-0.25, -0.2) is 0 Å². The summed E-state index contributed by atoms with van der Waals surface area (Å²) in [7, 11) is 1.61. The van der Waals surface area contributed by atoms with Crippen LogP contribution in [0.15, 0.2) is 48.7 Å². The van der Waals surface area contributed by atoms with Gasteiger partial charge in [-0.1, -0.05) is 6.07 Å². The molecule has 2 aromatic carbocycles. The first-order valence-corrected chi connectivity index (χ1v) is 9.94. The Labute approximate surface area is 176 Å². The van der Waals surface area contributed by atoms with E-state index in [0.717, 1.165) is 33.8 Å². The van der Waals surface area contributed by atoms with Gasteiger partial charge in [-0.05, 0) is 67.8 Å². The number of carbonyl (C=O) groups excluding carboxylic acids is 1. The number of nitrogens with zero attached hydrogens (tertiary/aromatic N) is 2. The maximum atomic E-state index is 12.9. The number of phenolic OH excluding ortho intramolecular Hbond substituents is 1. The minimum atomic E-state index is -0.0592. The van der Waals surface area contributed by atoms with E-state index >= 15 is 0 Å². The van der Waals surface area contributed by atoms with E-state index < -0.39 is 0 Å². The van der Waals surface area contributed by atoms with Gasteiger partial charge in [-0.3, -0.25) is 9.78 Å². The number of aromatic hydroxyl groups is 1. The van der Waals surface area contributed by atoms with Crippen molar-refractivity contribution < 1.29 is 14.6 Å². The molecule has 0 saturated heterocycles. The second kappa shape index (κ2) is 8.06. The molecule has 0 saturated carbocycles. The number of methoxy groups -OCH3 is 1. The maximum absolute atomic E-state index is 12.9. The molecule has 1 amide bonds. The fourth-order valence-corrected chi connectivity index (χ4v) is 3.73. The standard InChI is InChI=1S/C24H25N3O3/c1-15-11-19(25-13-16(15)2)17-7-8-23(30-3)20(12-17)26-14-24(29)27-10-9-18-21(27)5-4-6-22(18)28/h4-8,11-13,26,28H,9-10,14H2,1-3H3. The topological polar surface area (TPSA) is 74.7 Å². The number of anilines is 2. The van der Waals surface area contributed by atoms with Gasteiger partial charge < -0.3 is 20.1 Å². The number of carbonyl (C=O) groups is 1. The molecule has 6 heteroatoms. The summed E-state index contributed by atoms with van der Waals surface area (Å²) in [6.07, 6.45) is 2.52. The zero-order chi connectivity index (χ0) is 21.3. The SMILES string of the molecule is COc1ccc(-c2cc(C)c(C)cn2)cc1NCC(=O)N1CCc2c(O)cccc21. The van der Waals surface area contributed by atoms with Crippen molar-refractivity contribution in [2.75, 3.05) is 30.4 Å². The average Bonchev–Trinajstić information content (AvgIpc) is 3.19. The van der Waals surface area contributed by atoms with Crippen LogP contribution in [0.2, 0.25) is 0 Å². The summed E-state index contributed by atoms with van der Waals surface area (Å²) in [6.45, 7) is 4.79. The smallest absolute Gasteiger partial charge is 0.246 e. The van der Waals surface area contributed by atoms with Gasteiger partial charge in [-0.15, -0.1) is 0 Å². The van der Waals surface area contributed by atoms with Crippen molar-refractivity contribution in [3.05, 3.63) is 65.4 Å². The van der Waals surface area contributed by atoms with Crippen molar-refractivity contribution in [3.8, 4) is 22.8 Å². The molecule has 0 spiro atoms. The van der Waals surface area contributed by atoms with Gasteiger partial charge in [0.05, 0.1) is 30.7 Å². The molecule has 3 aromatic rings. The molecule has 30 heavy (non-hydrogen) atoms. The lowest BCUT2D eigenvalue weighted by molar-refractivity contribution is -0.116. The average molecular weight is 403 g/mol. The van der Waals surface area contributed by atoms with Crippen LogP contribution in [0.3, 0.4) is 0 Å². The van der Waals surface area contributed by atoms with E-state index in [1.165, 1.54) is 5.56 Å². The van der Waals surface area contributed by atoms with Crippen molar-refractivity contribution in [2.24, 2.45) is 0 Å². The monoisotopic (exact) mass is 403 g/mol. The number of rotatable bonds is 5. The molecule has 154 valence electrons. The number of pyridine rings is 1. The van der Waals surface area contributed by atoms with Crippen LogP contribution in [0.1, 0.15) is 16.7 Å². The van der Waals surface area contributed by atoms with E-state index in [0.29, 0.717) is 18.7 Å². The summed E-state index contributed by atoms with van der Waals surface area (Å²) in [6, 6.07) is 13.1. The number of hydrogen-bond donors (Lipinski definition) is 2. The van der Waals surface area contributed by atoms with Crippen molar-refractivity contribution in [1.29, 1.82) is 0 Å². The number of benzene rings is 2. The molecule has 1 aliphatic heterocycles. The molecule has 4 rings (SSSR count). The summed E-state index contributed by atoms with van der Waals surface area (Å²) in [5.74, 6) is 0.844. The first kappa shape index (κ1) is 19.8. The van der Waals surface area contributed by atoms with Crippen LogP contribution >= 0.6 is 0 Å². The Balaban J connectivity index is 1.54. The van der Waals surface area contributed by atoms with Crippen LogP contribution in [0.5, 0.6) is 11.5 Å². The number of amides is 1.